The van der Waals surface area contributed by atoms with Gasteiger partial charge in [-0.05, 0) is 24.6 Å². The number of ether oxygens (including phenoxy) is 1. The lowest BCUT2D eigenvalue weighted by Crippen LogP contribution is -2.25. The number of carbonyl (C=O) groups excluding carboxylic acids is 3. The second-order valence-corrected chi connectivity index (χ2v) is 5.06. The highest BCUT2D eigenvalue weighted by atomic mass is 16.5. The van der Waals surface area contributed by atoms with Gasteiger partial charge < -0.3 is 19.5 Å². The highest BCUT2D eigenvalue weighted by Crippen LogP contribution is 2.20. The molecule has 1 amide bonds. The minimum Gasteiger partial charge on any atom is -0.467 e. The topological polar surface area (TPSA) is 101 Å². The van der Waals surface area contributed by atoms with E-state index in [0.717, 1.165) is 0 Å². The van der Waals surface area contributed by atoms with Crippen LogP contribution in [0.15, 0.2) is 22.8 Å². The van der Waals surface area contributed by atoms with E-state index in [1.807, 2.05) is 0 Å². The molecule has 0 fully saturated rings. The van der Waals surface area contributed by atoms with Crippen LogP contribution in [0.3, 0.4) is 0 Å². The van der Waals surface area contributed by atoms with Gasteiger partial charge in [0, 0.05) is 12.6 Å². The summed E-state index contributed by atoms with van der Waals surface area (Å²) in [5.41, 5.74) is 1.37. The highest BCUT2D eigenvalue weighted by Gasteiger charge is 2.24. The van der Waals surface area contributed by atoms with Gasteiger partial charge in [-0.2, -0.15) is 0 Å². The van der Waals surface area contributed by atoms with E-state index >= 15 is 0 Å². The van der Waals surface area contributed by atoms with Crippen molar-refractivity contribution in [3.05, 3.63) is 46.7 Å². The molecule has 2 aromatic rings. The number of Topliss-reactive ketones (excluding diaryl/α,β-unsaturated/α-hetero) is 1. The largest absolute Gasteiger partial charge is 0.467 e. The number of furan rings is 1. The van der Waals surface area contributed by atoms with Crippen LogP contribution < -0.4 is 5.32 Å². The lowest BCUT2D eigenvalue weighted by atomic mass is 10.1. The number of H-pyrrole nitrogens is 1. The lowest BCUT2D eigenvalue weighted by molar-refractivity contribution is -0.120. The Kier molecular flexibility index (Phi) is 5.00. The first-order valence-electron chi connectivity index (χ1n) is 7.03. The van der Waals surface area contributed by atoms with Crippen molar-refractivity contribution in [2.45, 2.75) is 26.8 Å². The van der Waals surface area contributed by atoms with E-state index in [2.05, 4.69) is 10.3 Å². The van der Waals surface area contributed by atoms with E-state index < -0.39 is 5.97 Å². The molecule has 0 aromatic carbocycles. The Morgan fingerprint density at radius 2 is 2.09 bits per heavy atom. The third-order valence-corrected chi connectivity index (χ3v) is 3.45. The summed E-state index contributed by atoms with van der Waals surface area (Å²) >= 11 is 0. The Morgan fingerprint density at radius 1 is 1.35 bits per heavy atom. The average molecular weight is 318 g/mol. The summed E-state index contributed by atoms with van der Waals surface area (Å²) in [6.07, 6.45) is 1.45. The van der Waals surface area contributed by atoms with E-state index in [9.17, 15) is 14.4 Å². The predicted octanol–water partition coefficient (Wildman–Crippen LogP) is 1.76. The van der Waals surface area contributed by atoms with Crippen LogP contribution >= 0.6 is 0 Å². The van der Waals surface area contributed by atoms with E-state index in [-0.39, 0.29) is 30.2 Å². The summed E-state index contributed by atoms with van der Waals surface area (Å²) in [6.45, 7) is 3.28. The molecule has 122 valence electrons. The van der Waals surface area contributed by atoms with Gasteiger partial charge in [-0.3, -0.25) is 9.59 Å². The van der Waals surface area contributed by atoms with Crippen LogP contribution in [0.4, 0.5) is 0 Å². The molecule has 2 heterocycles. The Hall–Kier alpha value is -2.83. The molecule has 2 rings (SSSR count). The second-order valence-electron chi connectivity index (χ2n) is 5.06. The molecule has 0 saturated carbocycles. The number of hydrogen-bond acceptors (Lipinski definition) is 5. The molecule has 2 N–H and O–H groups in total. The van der Waals surface area contributed by atoms with E-state index in [4.69, 9.17) is 9.15 Å². The van der Waals surface area contributed by atoms with Crippen LogP contribution in [0.5, 0.6) is 0 Å². The molecule has 0 bridgehead atoms. The minimum atomic E-state index is -0.583. The summed E-state index contributed by atoms with van der Waals surface area (Å²) in [5.74, 6) is -0.475. The first-order chi connectivity index (χ1) is 10.9. The molecule has 0 radical (unpaired) electrons. The number of ketones is 1. The highest BCUT2D eigenvalue weighted by molar-refractivity contribution is 6.01. The van der Waals surface area contributed by atoms with Crippen molar-refractivity contribution in [1.29, 1.82) is 0 Å². The molecule has 0 saturated heterocycles. The summed E-state index contributed by atoms with van der Waals surface area (Å²) in [6, 6.07) is 3.47. The first kappa shape index (κ1) is 16.5. The number of aromatic nitrogens is 1. The maximum Gasteiger partial charge on any atom is 0.339 e. The number of esters is 1. The van der Waals surface area contributed by atoms with Crippen molar-refractivity contribution in [3.8, 4) is 0 Å². The smallest absolute Gasteiger partial charge is 0.339 e. The van der Waals surface area contributed by atoms with Crippen molar-refractivity contribution in [2.75, 3.05) is 7.11 Å². The molecule has 7 nitrogen and oxygen atoms in total. The SMILES string of the molecule is COC(=O)c1c(CC(=O)NCc2ccco2)[nH]c(C(C)=O)c1C. The minimum absolute atomic E-state index is 0.0702. The second kappa shape index (κ2) is 6.95. The van der Waals surface area contributed by atoms with E-state index in [1.165, 1.54) is 20.3 Å². The molecule has 23 heavy (non-hydrogen) atoms. The molecule has 0 unspecified atom stereocenters. The molecule has 0 aliphatic heterocycles. The fourth-order valence-corrected chi connectivity index (χ4v) is 2.34. The van der Waals surface area contributed by atoms with Gasteiger partial charge in [-0.1, -0.05) is 0 Å². The number of hydrogen-bond donors (Lipinski definition) is 2. The summed E-state index contributed by atoms with van der Waals surface area (Å²) in [5, 5.41) is 2.69. The van der Waals surface area contributed by atoms with Crippen LogP contribution in [0.1, 0.15) is 44.8 Å². The third kappa shape index (κ3) is 3.68. The molecule has 7 heteroatoms. The molecule has 2 aromatic heterocycles. The molecular formula is C16H18N2O5. The zero-order valence-electron chi connectivity index (χ0n) is 13.2. The fraction of sp³-hybridized carbons (Fsp3) is 0.312. The Bertz CT molecular complexity index is 728. The summed E-state index contributed by atoms with van der Waals surface area (Å²) in [4.78, 5) is 38.4. The maximum absolute atomic E-state index is 12.1. The Morgan fingerprint density at radius 3 is 2.65 bits per heavy atom. The number of nitrogens with one attached hydrogen (secondary N) is 2. The van der Waals surface area contributed by atoms with Crippen LogP contribution in [0, 0.1) is 6.92 Å². The lowest BCUT2D eigenvalue weighted by Gasteiger charge is -2.05. The van der Waals surface area contributed by atoms with Gasteiger partial charge in [-0.15, -0.1) is 0 Å². The van der Waals surface area contributed by atoms with Gasteiger partial charge in [0.25, 0.3) is 0 Å². The predicted molar refractivity (Wildman–Crippen MR) is 81.1 cm³/mol. The van der Waals surface area contributed by atoms with Gasteiger partial charge in [0.15, 0.2) is 5.78 Å². The molecule has 0 aliphatic rings. The van der Waals surface area contributed by atoms with Crippen molar-refractivity contribution in [1.82, 2.24) is 10.3 Å². The van der Waals surface area contributed by atoms with Crippen LogP contribution in [-0.4, -0.2) is 29.8 Å². The number of methoxy groups -OCH3 is 1. The van der Waals surface area contributed by atoms with Crippen LogP contribution in [0.2, 0.25) is 0 Å². The Balaban J connectivity index is 2.17. The number of amides is 1. The average Bonchev–Trinajstić information content (AvgIpc) is 3.12. The van der Waals surface area contributed by atoms with Gasteiger partial charge in [0.05, 0.1) is 37.6 Å². The van der Waals surface area contributed by atoms with Crippen molar-refractivity contribution >= 4 is 17.7 Å². The molecule has 0 aliphatic carbocycles. The third-order valence-electron chi connectivity index (χ3n) is 3.45. The summed E-state index contributed by atoms with van der Waals surface area (Å²) < 4.78 is 9.86. The van der Waals surface area contributed by atoms with Crippen LogP contribution in [0.25, 0.3) is 0 Å². The van der Waals surface area contributed by atoms with Crippen molar-refractivity contribution < 1.29 is 23.5 Å². The van der Waals surface area contributed by atoms with Gasteiger partial charge in [0.1, 0.15) is 5.76 Å². The fourth-order valence-electron chi connectivity index (χ4n) is 2.34. The zero-order chi connectivity index (χ0) is 17.0. The van der Waals surface area contributed by atoms with Gasteiger partial charge in [0.2, 0.25) is 5.91 Å². The molecular weight excluding hydrogens is 300 g/mol. The van der Waals surface area contributed by atoms with Crippen molar-refractivity contribution in [3.63, 3.8) is 0 Å². The molecule has 0 atom stereocenters. The quantitative estimate of drug-likeness (QED) is 0.624. The maximum atomic E-state index is 12.1. The molecule has 0 spiro atoms. The standard InChI is InChI=1S/C16H18N2O5/c1-9-14(16(21)22-3)12(18-15(9)10(2)19)7-13(20)17-8-11-5-4-6-23-11/h4-6,18H,7-8H2,1-3H3,(H,17,20). The monoisotopic (exact) mass is 318 g/mol. The number of rotatable bonds is 6. The first-order valence-corrected chi connectivity index (χ1v) is 7.03. The summed E-state index contributed by atoms with van der Waals surface area (Å²) in [7, 11) is 1.25. The van der Waals surface area contributed by atoms with Gasteiger partial charge >= 0.3 is 5.97 Å². The number of carbonyl (C=O) groups is 3. The van der Waals surface area contributed by atoms with Crippen molar-refractivity contribution in [2.24, 2.45) is 0 Å². The van der Waals surface area contributed by atoms with Crippen LogP contribution in [-0.2, 0) is 22.5 Å². The Labute approximate surface area is 133 Å². The number of aromatic amines is 1. The normalized spacial score (nSPS) is 10.4. The van der Waals surface area contributed by atoms with E-state index in [1.54, 1.807) is 19.1 Å². The van der Waals surface area contributed by atoms with E-state index in [0.29, 0.717) is 22.7 Å². The zero-order valence-corrected chi connectivity index (χ0v) is 13.2. The van der Waals surface area contributed by atoms with Gasteiger partial charge in [-0.25, -0.2) is 4.79 Å².